The molecule has 4 aromatic rings. The Morgan fingerprint density at radius 2 is 1.80 bits per heavy atom. The van der Waals surface area contributed by atoms with Crippen molar-refractivity contribution in [2.45, 2.75) is 42.9 Å². The van der Waals surface area contributed by atoms with Gasteiger partial charge in [0.2, 0.25) is 5.95 Å². The van der Waals surface area contributed by atoms with E-state index >= 15 is 8.78 Å². The minimum atomic E-state index is -2.88. The average molecular weight is 597 g/mol. The second kappa shape index (κ2) is 9.68. The third kappa shape index (κ3) is 4.05. The van der Waals surface area contributed by atoms with Gasteiger partial charge in [0, 0.05) is 10.5 Å². The van der Waals surface area contributed by atoms with Gasteiger partial charge in [0.15, 0.2) is 53.5 Å². The summed E-state index contributed by atoms with van der Waals surface area (Å²) in [5.41, 5.74) is 11.5. The van der Waals surface area contributed by atoms with E-state index in [1.807, 2.05) is 0 Å². The van der Waals surface area contributed by atoms with Crippen LogP contribution < -0.4 is 17.0 Å². The molecular formula is C20H21F2N10O6P2+. The summed E-state index contributed by atoms with van der Waals surface area (Å²) in [5.74, 6) is -1.84. The fraction of sp³-hybridized carbons (Fsp3) is 0.500. The van der Waals surface area contributed by atoms with Crippen LogP contribution in [0.25, 0.3) is 22.3 Å². The summed E-state index contributed by atoms with van der Waals surface area (Å²) >= 11 is 0. The van der Waals surface area contributed by atoms with Gasteiger partial charge in [-0.1, -0.05) is 8.58 Å². The fourth-order valence-corrected chi connectivity index (χ4v) is 7.62. The highest BCUT2D eigenvalue weighted by Crippen LogP contribution is 2.49. The molecule has 0 aromatic carbocycles. The molecule has 7 heterocycles. The molecule has 40 heavy (non-hydrogen) atoms. The first-order valence-corrected chi connectivity index (χ1v) is 14.4. The van der Waals surface area contributed by atoms with Gasteiger partial charge in [-0.25, -0.2) is 28.7 Å². The summed E-state index contributed by atoms with van der Waals surface area (Å²) in [6.45, 7) is -0.271. The van der Waals surface area contributed by atoms with Crippen molar-refractivity contribution in [2.75, 3.05) is 24.2 Å². The van der Waals surface area contributed by atoms with Crippen LogP contribution in [0, 0.1) is 5.92 Å². The van der Waals surface area contributed by atoms with Crippen molar-refractivity contribution in [1.82, 2.24) is 39.0 Å². The third-order valence-electron chi connectivity index (χ3n) is 7.14. The van der Waals surface area contributed by atoms with Crippen molar-refractivity contribution in [2.24, 2.45) is 5.92 Å². The number of H-pyrrole nitrogens is 1. The van der Waals surface area contributed by atoms with Crippen LogP contribution in [0.3, 0.4) is 0 Å². The zero-order chi connectivity index (χ0) is 27.7. The van der Waals surface area contributed by atoms with Crippen LogP contribution in [0.15, 0.2) is 23.8 Å². The van der Waals surface area contributed by atoms with E-state index in [1.165, 1.54) is 28.1 Å². The maximum absolute atomic E-state index is 15.9. The first-order chi connectivity index (χ1) is 19.3. The first kappa shape index (κ1) is 25.7. The molecule has 0 spiro atoms. The van der Waals surface area contributed by atoms with E-state index in [4.69, 9.17) is 30.0 Å². The zero-order valence-corrected chi connectivity index (χ0v) is 22.1. The Kier molecular flexibility index (Phi) is 6.21. The smallest absolute Gasteiger partial charge is 0.382 e. The van der Waals surface area contributed by atoms with Crippen LogP contribution in [0.4, 0.5) is 20.5 Å². The monoisotopic (exact) mass is 597 g/mol. The van der Waals surface area contributed by atoms with Crippen LogP contribution in [0.1, 0.15) is 12.5 Å². The number of anilines is 2. The molecule has 16 nitrogen and oxygen atoms in total. The quantitative estimate of drug-likeness (QED) is 0.275. The summed E-state index contributed by atoms with van der Waals surface area (Å²) in [6, 6.07) is 0. The molecule has 4 aromatic heterocycles. The number of imidazole rings is 2. The van der Waals surface area contributed by atoms with Crippen molar-refractivity contribution in [3.8, 4) is 0 Å². The van der Waals surface area contributed by atoms with Gasteiger partial charge in [0.1, 0.15) is 24.3 Å². The van der Waals surface area contributed by atoms with Crippen LogP contribution in [0.2, 0.25) is 0 Å². The number of ether oxygens (including phenoxy) is 2. The highest BCUT2D eigenvalue weighted by Gasteiger charge is 2.55. The van der Waals surface area contributed by atoms with Crippen molar-refractivity contribution >= 4 is 50.9 Å². The van der Waals surface area contributed by atoms with Crippen molar-refractivity contribution < 1.29 is 31.9 Å². The molecular weight excluding hydrogens is 576 g/mol. The minimum Gasteiger partial charge on any atom is -0.382 e. The number of hydrogen-bond acceptors (Lipinski definition) is 13. The molecule has 3 aliphatic heterocycles. The summed E-state index contributed by atoms with van der Waals surface area (Å²) < 4.78 is 70.0. The van der Waals surface area contributed by atoms with E-state index in [9.17, 15) is 9.36 Å². The largest absolute Gasteiger partial charge is 0.698 e. The summed E-state index contributed by atoms with van der Waals surface area (Å²) in [6.07, 6.45) is -3.87. The van der Waals surface area contributed by atoms with Crippen LogP contribution >= 0.6 is 16.8 Å². The Balaban J connectivity index is 1.18. The Labute approximate surface area is 224 Å². The van der Waals surface area contributed by atoms with E-state index < -0.39 is 62.6 Å². The number of halogens is 2. The number of rotatable bonds is 2. The predicted molar refractivity (Wildman–Crippen MR) is 135 cm³/mol. The molecule has 0 radical (unpaired) electrons. The van der Waals surface area contributed by atoms with Crippen LogP contribution in [0.5, 0.6) is 0 Å². The molecule has 3 unspecified atom stereocenters. The number of fused-ring (bicyclic) bond motifs is 5. The van der Waals surface area contributed by atoms with Gasteiger partial charge >= 0.3 is 8.25 Å². The topological polar surface area (TPSA) is 213 Å². The van der Waals surface area contributed by atoms with Gasteiger partial charge in [0.05, 0.1) is 18.8 Å². The molecule has 20 heteroatoms. The van der Waals surface area contributed by atoms with Gasteiger partial charge in [-0.15, -0.1) is 9.05 Å². The van der Waals surface area contributed by atoms with Crippen LogP contribution in [-0.4, -0.2) is 82.2 Å². The Bertz CT molecular complexity index is 1690. The number of aromatic nitrogens is 8. The zero-order valence-electron chi connectivity index (χ0n) is 20.2. The number of nitrogens with one attached hydrogen (secondary N) is 1. The molecule has 3 saturated heterocycles. The molecule has 3 fully saturated rings. The van der Waals surface area contributed by atoms with Gasteiger partial charge in [-0.3, -0.25) is 18.9 Å². The van der Waals surface area contributed by atoms with E-state index in [1.54, 1.807) is 0 Å². The van der Waals surface area contributed by atoms with E-state index in [0.717, 1.165) is 0 Å². The van der Waals surface area contributed by atoms with Gasteiger partial charge in [-0.05, 0) is 6.16 Å². The Morgan fingerprint density at radius 3 is 2.62 bits per heavy atom. The molecule has 210 valence electrons. The first-order valence-electron chi connectivity index (χ1n) is 12.0. The number of aromatic amines is 1. The number of nitrogens with two attached hydrogens (primary N) is 2. The molecule has 5 N–H and O–H groups in total. The molecule has 0 aliphatic carbocycles. The van der Waals surface area contributed by atoms with E-state index in [0.29, 0.717) is 5.52 Å². The van der Waals surface area contributed by atoms with Crippen molar-refractivity contribution in [3.63, 3.8) is 0 Å². The Hall–Kier alpha value is -3.27. The highest BCUT2D eigenvalue weighted by atomic mass is 31.1. The lowest BCUT2D eigenvalue weighted by Gasteiger charge is -2.20. The van der Waals surface area contributed by atoms with Crippen LogP contribution in [-0.2, 0) is 23.1 Å². The number of nitrogen functional groups attached to an aromatic ring is 2. The molecule has 0 amide bonds. The fourth-order valence-electron chi connectivity index (χ4n) is 5.23. The van der Waals surface area contributed by atoms with Gasteiger partial charge < -0.3 is 20.9 Å². The Morgan fingerprint density at radius 1 is 1.02 bits per heavy atom. The summed E-state index contributed by atoms with van der Waals surface area (Å²) in [4.78, 5) is 34.9. The SMILES string of the molecule is Nc1nc2c(ncn2[C@@H]2OC3PC[C@H]4[C@H](F)[C@H](n5cnc6c(N)ncnc65)O[C@@H]4CO[P+](=O)O[C@@H]2[C@@H]3F)c(=O)[nH]1. The normalized spacial score (nSPS) is 34.4. The second-order valence-corrected chi connectivity index (χ2v) is 11.7. The standard InChI is InChI=1S/C20H20F2N10O6P2/c21-8-6-2-39-19-9(22)12(18(37-19)32-5-28-11-15(32)29-20(24)30-16(11)33)38-40(34)35-1-7(6)36-17(8)31-4-27-10-13(23)25-3-26-14(10)31/h3-9,12,17-19,39H,1-2H2,(H4-,23,24,25,26,29,30,33)/p+1/t6-,7-,8+,9+,12-,17-,18-,19?/m1/s1. The van der Waals surface area contributed by atoms with Gasteiger partial charge in [0.25, 0.3) is 5.56 Å². The van der Waals surface area contributed by atoms with Crippen molar-refractivity contribution in [1.29, 1.82) is 0 Å². The number of hydrogen-bond donors (Lipinski definition) is 3. The van der Waals surface area contributed by atoms with E-state index in [2.05, 4.69) is 29.9 Å². The molecule has 2 bridgehead atoms. The number of alkyl halides is 2. The lowest BCUT2D eigenvalue weighted by Crippen LogP contribution is -2.29. The predicted octanol–water partition coefficient (Wildman–Crippen LogP) is 0.920. The summed E-state index contributed by atoms with van der Waals surface area (Å²) in [5, 5.41) is 0. The lowest BCUT2D eigenvalue weighted by molar-refractivity contribution is -0.0396. The minimum absolute atomic E-state index is 0.0344. The maximum Gasteiger partial charge on any atom is 0.698 e. The van der Waals surface area contributed by atoms with Crippen molar-refractivity contribution in [3.05, 3.63) is 29.3 Å². The molecule has 7 rings (SSSR count). The molecule has 0 saturated carbocycles. The molecule has 3 aliphatic rings. The van der Waals surface area contributed by atoms with E-state index in [-0.39, 0.29) is 49.9 Å². The third-order valence-corrected chi connectivity index (χ3v) is 9.48. The average Bonchev–Trinajstić information content (AvgIpc) is 3.67. The maximum atomic E-state index is 15.9. The number of nitrogens with zero attached hydrogens (tertiary/aromatic N) is 7. The summed E-state index contributed by atoms with van der Waals surface area (Å²) in [7, 11) is -3.12. The second-order valence-electron chi connectivity index (χ2n) is 9.42. The van der Waals surface area contributed by atoms with Gasteiger partial charge in [-0.2, -0.15) is 4.98 Å². The highest BCUT2D eigenvalue weighted by molar-refractivity contribution is 7.38. The molecule has 10 atom stereocenters. The lowest BCUT2D eigenvalue weighted by atomic mass is 10.0.